The second-order valence-electron chi connectivity index (χ2n) is 4.27. The summed E-state index contributed by atoms with van der Waals surface area (Å²) in [5.41, 5.74) is 1.61. The van der Waals surface area contributed by atoms with E-state index in [1.807, 2.05) is 25.1 Å². The highest BCUT2D eigenvalue weighted by atomic mass is 19.1. The third-order valence-electron chi connectivity index (χ3n) is 2.68. The SMILES string of the molecule is Cc1cccc(CN(C)C(=O)c2cccnc2F)n1. The number of carbonyl (C=O) groups excluding carboxylic acids is 1. The molecular formula is C14H14FN3O. The van der Waals surface area contributed by atoms with Crippen molar-refractivity contribution in [3.05, 3.63) is 59.4 Å². The third kappa shape index (κ3) is 3.13. The highest BCUT2D eigenvalue weighted by molar-refractivity contribution is 5.93. The van der Waals surface area contributed by atoms with Crippen LogP contribution in [0.2, 0.25) is 0 Å². The molecule has 19 heavy (non-hydrogen) atoms. The molecule has 0 aromatic carbocycles. The third-order valence-corrected chi connectivity index (χ3v) is 2.68. The molecule has 0 fully saturated rings. The summed E-state index contributed by atoms with van der Waals surface area (Å²) in [5.74, 6) is -1.16. The van der Waals surface area contributed by atoms with Gasteiger partial charge in [-0.1, -0.05) is 6.07 Å². The van der Waals surface area contributed by atoms with Crippen LogP contribution in [0.15, 0.2) is 36.5 Å². The van der Waals surface area contributed by atoms with E-state index in [4.69, 9.17) is 0 Å². The van der Waals surface area contributed by atoms with Crippen molar-refractivity contribution in [3.63, 3.8) is 0 Å². The van der Waals surface area contributed by atoms with Gasteiger partial charge < -0.3 is 4.90 Å². The van der Waals surface area contributed by atoms with Gasteiger partial charge in [0.25, 0.3) is 5.91 Å². The normalized spacial score (nSPS) is 10.3. The van der Waals surface area contributed by atoms with Gasteiger partial charge in [0.15, 0.2) is 0 Å². The van der Waals surface area contributed by atoms with Crippen molar-refractivity contribution in [1.29, 1.82) is 0 Å². The van der Waals surface area contributed by atoms with E-state index in [2.05, 4.69) is 9.97 Å². The Morgan fingerprint density at radius 1 is 1.32 bits per heavy atom. The van der Waals surface area contributed by atoms with Gasteiger partial charge in [-0.2, -0.15) is 4.39 Å². The Bertz CT molecular complexity index is 601. The number of carbonyl (C=O) groups is 1. The highest BCUT2D eigenvalue weighted by Gasteiger charge is 2.17. The number of hydrogen-bond acceptors (Lipinski definition) is 3. The summed E-state index contributed by atoms with van der Waals surface area (Å²) in [5, 5.41) is 0. The van der Waals surface area contributed by atoms with Crippen LogP contribution >= 0.6 is 0 Å². The van der Waals surface area contributed by atoms with Crippen LogP contribution in [0.4, 0.5) is 4.39 Å². The largest absolute Gasteiger partial charge is 0.336 e. The zero-order chi connectivity index (χ0) is 13.8. The number of nitrogens with zero attached hydrogens (tertiary/aromatic N) is 3. The van der Waals surface area contributed by atoms with Crippen LogP contribution in [0, 0.1) is 12.9 Å². The molecule has 0 N–H and O–H groups in total. The van der Waals surface area contributed by atoms with E-state index in [0.717, 1.165) is 11.4 Å². The van der Waals surface area contributed by atoms with E-state index in [-0.39, 0.29) is 5.56 Å². The summed E-state index contributed by atoms with van der Waals surface area (Å²) in [6.45, 7) is 2.21. The van der Waals surface area contributed by atoms with Crippen molar-refractivity contribution in [2.75, 3.05) is 7.05 Å². The average Bonchev–Trinajstić information content (AvgIpc) is 2.38. The van der Waals surface area contributed by atoms with Gasteiger partial charge in [-0.05, 0) is 31.2 Å². The number of rotatable bonds is 3. The number of halogens is 1. The van der Waals surface area contributed by atoms with Gasteiger partial charge in [0.05, 0.1) is 17.8 Å². The summed E-state index contributed by atoms with van der Waals surface area (Å²) in [6, 6.07) is 8.54. The van der Waals surface area contributed by atoms with Crippen LogP contribution in [-0.4, -0.2) is 27.8 Å². The number of pyridine rings is 2. The summed E-state index contributed by atoms with van der Waals surface area (Å²) < 4.78 is 13.4. The molecule has 5 heteroatoms. The predicted octanol–water partition coefficient (Wildman–Crippen LogP) is 2.20. The molecule has 0 spiro atoms. The molecule has 0 aliphatic heterocycles. The first kappa shape index (κ1) is 13.1. The van der Waals surface area contributed by atoms with Gasteiger partial charge in [0.2, 0.25) is 5.95 Å². The minimum Gasteiger partial charge on any atom is -0.336 e. The van der Waals surface area contributed by atoms with Gasteiger partial charge in [0, 0.05) is 18.9 Å². The number of amides is 1. The second-order valence-corrected chi connectivity index (χ2v) is 4.27. The summed E-state index contributed by atoms with van der Waals surface area (Å²) in [7, 11) is 1.61. The molecule has 2 heterocycles. The van der Waals surface area contributed by atoms with Gasteiger partial charge >= 0.3 is 0 Å². The Morgan fingerprint density at radius 2 is 2.11 bits per heavy atom. The van der Waals surface area contributed by atoms with Gasteiger partial charge in [-0.15, -0.1) is 0 Å². The molecule has 1 amide bonds. The monoisotopic (exact) mass is 259 g/mol. The van der Waals surface area contributed by atoms with E-state index in [1.165, 1.54) is 23.2 Å². The quantitative estimate of drug-likeness (QED) is 0.794. The molecular weight excluding hydrogens is 245 g/mol. The van der Waals surface area contributed by atoms with Crippen molar-refractivity contribution >= 4 is 5.91 Å². The summed E-state index contributed by atoms with van der Waals surface area (Å²) in [6.07, 6.45) is 1.31. The molecule has 2 aromatic rings. The van der Waals surface area contributed by atoms with E-state index in [1.54, 1.807) is 7.05 Å². The zero-order valence-electron chi connectivity index (χ0n) is 10.8. The fourth-order valence-corrected chi connectivity index (χ4v) is 1.75. The highest BCUT2D eigenvalue weighted by Crippen LogP contribution is 2.09. The lowest BCUT2D eigenvalue weighted by atomic mass is 10.2. The van der Waals surface area contributed by atoms with E-state index < -0.39 is 11.9 Å². The lowest BCUT2D eigenvalue weighted by molar-refractivity contribution is 0.0777. The minimum atomic E-state index is -0.753. The smallest absolute Gasteiger partial charge is 0.258 e. The molecule has 2 rings (SSSR count). The molecule has 98 valence electrons. The molecule has 0 unspecified atom stereocenters. The first-order chi connectivity index (χ1) is 9.08. The van der Waals surface area contributed by atoms with Crippen molar-refractivity contribution in [1.82, 2.24) is 14.9 Å². The molecule has 2 aromatic heterocycles. The van der Waals surface area contributed by atoms with Crippen molar-refractivity contribution < 1.29 is 9.18 Å². The maximum atomic E-state index is 13.4. The van der Waals surface area contributed by atoms with Crippen LogP contribution in [0.25, 0.3) is 0 Å². The van der Waals surface area contributed by atoms with Crippen LogP contribution in [0.1, 0.15) is 21.7 Å². The van der Waals surface area contributed by atoms with Crippen molar-refractivity contribution in [2.45, 2.75) is 13.5 Å². The number of aryl methyl sites for hydroxylation is 1. The average molecular weight is 259 g/mol. The standard InChI is InChI=1S/C14H14FN3O/c1-10-5-3-6-11(17-10)9-18(2)14(19)12-7-4-8-16-13(12)15/h3-8H,9H2,1-2H3. The van der Waals surface area contributed by atoms with Crippen molar-refractivity contribution in [3.8, 4) is 0 Å². The Labute approximate surface area is 110 Å². The molecule has 4 nitrogen and oxygen atoms in total. The minimum absolute atomic E-state index is 0.0300. The number of aromatic nitrogens is 2. The Kier molecular flexibility index (Phi) is 3.85. The van der Waals surface area contributed by atoms with E-state index >= 15 is 0 Å². The summed E-state index contributed by atoms with van der Waals surface area (Å²) in [4.78, 5) is 21.3. The Hall–Kier alpha value is -2.30. The van der Waals surface area contributed by atoms with Crippen molar-refractivity contribution in [2.24, 2.45) is 0 Å². The molecule has 0 aliphatic rings. The second kappa shape index (κ2) is 5.56. The maximum absolute atomic E-state index is 13.4. The molecule has 0 saturated carbocycles. The first-order valence-corrected chi connectivity index (χ1v) is 5.86. The fourth-order valence-electron chi connectivity index (χ4n) is 1.75. The van der Waals surface area contributed by atoms with Crippen LogP contribution < -0.4 is 0 Å². The lowest BCUT2D eigenvalue weighted by Crippen LogP contribution is -2.27. The van der Waals surface area contributed by atoms with Gasteiger partial charge in [0.1, 0.15) is 0 Å². The predicted molar refractivity (Wildman–Crippen MR) is 69.0 cm³/mol. The Balaban J connectivity index is 2.14. The zero-order valence-corrected chi connectivity index (χ0v) is 10.8. The molecule has 0 atom stereocenters. The first-order valence-electron chi connectivity index (χ1n) is 5.86. The topological polar surface area (TPSA) is 46.1 Å². The maximum Gasteiger partial charge on any atom is 0.258 e. The van der Waals surface area contributed by atoms with Crippen LogP contribution in [-0.2, 0) is 6.54 Å². The van der Waals surface area contributed by atoms with Gasteiger partial charge in [-0.25, -0.2) is 4.98 Å². The van der Waals surface area contributed by atoms with E-state index in [0.29, 0.717) is 6.54 Å². The van der Waals surface area contributed by atoms with Crippen LogP contribution in [0.5, 0.6) is 0 Å². The molecule has 0 bridgehead atoms. The molecule has 0 aliphatic carbocycles. The fraction of sp³-hybridized carbons (Fsp3) is 0.214. The molecule has 0 saturated heterocycles. The van der Waals surface area contributed by atoms with E-state index in [9.17, 15) is 9.18 Å². The lowest BCUT2D eigenvalue weighted by Gasteiger charge is -2.17. The van der Waals surface area contributed by atoms with Crippen LogP contribution in [0.3, 0.4) is 0 Å². The number of hydrogen-bond donors (Lipinski definition) is 0. The Morgan fingerprint density at radius 3 is 2.79 bits per heavy atom. The summed E-state index contributed by atoms with van der Waals surface area (Å²) >= 11 is 0. The van der Waals surface area contributed by atoms with Gasteiger partial charge in [-0.3, -0.25) is 9.78 Å². The molecule has 0 radical (unpaired) electrons.